The van der Waals surface area contributed by atoms with E-state index in [2.05, 4.69) is 15.3 Å². The Morgan fingerprint density at radius 1 is 1.44 bits per heavy atom. The monoisotopic (exact) mass is 342 g/mol. The maximum atomic E-state index is 14.0. The first kappa shape index (κ1) is 16.9. The second-order valence-corrected chi connectivity index (χ2v) is 5.65. The lowest BCUT2D eigenvalue weighted by atomic mass is 10.1. The molecular weight excluding hydrogens is 323 g/mol. The highest BCUT2D eigenvalue weighted by Crippen LogP contribution is 2.22. The number of aromatic nitrogens is 3. The van der Waals surface area contributed by atoms with Crippen LogP contribution in [0.25, 0.3) is 5.78 Å². The number of rotatable bonds is 5. The Bertz CT molecular complexity index is 923. The third-order valence-corrected chi connectivity index (χ3v) is 3.90. The van der Waals surface area contributed by atoms with E-state index < -0.39 is 5.82 Å². The molecule has 0 aliphatic rings. The van der Waals surface area contributed by atoms with E-state index in [0.717, 1.165) is 0 Å². The minimum absolute atomic E-state index is 0.202. The lowest BCUT2D eigenvalue weighted by Crippen LogP contribution is -2.28. The van der Waals surface area contributed by atoms with Crippen molar-refractivity contribution in [3.63, 3.8) is 0 Å². The Morgan fingerprint density at radius 2 is 2.24 bits per heavy atom. The first-order valence-corrected chi connectivity index (χ1v) is 8.04. The van der Waals surface area contributed by atoms with Gasteiger partial charge in [0, 0.05) is 12.4 Å². The molecule has 0 spiro atoms. The molecule has 7 heteroatoms. The summed E-state index contributed by atoms with van der Waals surface area (Å²) in [6, 6.07) is 6.04. The van der Waals surface area contributed by atoms with Crippen LogP contribution in [0.3, 0.4) is 0 Å². The molecule has 6 nitrogen and oxygen atoms in total. The third kappa shape index (κ3) is 3.31. The average Bonchev–Trinajstić information content (AvgIpc) is 2.92. The van der Waals surface area contributed by atoms with Crippen LogP contribution in [-0.4, -0.2) is 26.9 Å². The highest BCUT2D eigenvalue weighted by Gasteiger charge is 2.19. The summed E-state index contributed by atoms with van der Waals surface area (Å²) >= 11 is 0. The van der Waals surface area contributed by atoms with E-state index in [-0.39, 0.29) is 17.7 Å². The van der Waals surface area contributed by atoms with Crippen molar-refractivity contribution in [2.75, 3.05) is 6.61 Å². The van der Waals surface area contributed by atoms with Gasteiger partial charge in [-0.05, 0) is 44.5 Å². The third-order valence-electron chi connectivity index (χ3n) is 3.90. The maximum Gasteiger partial charge on any atom is 0.270 e. The molecule has 2 heterocycles. The van der Waals surface area contributed by atoms with Gasteiger partial charge in [0.2, 0.25) is 5.78 Å². The topological polar surface area (TPSA) is 68.5 Å². The lowest BCUT2D eigenvalue weighted by molar-refractivity contribution is 0.0933. The largest absolute Gasteiger partial charge is 0.491 e. The second kappa shape index (κ2) is 6.88. The van der Waals surface area contributed by atoms with Crippen LogP contribution in [0.1, 0.15) is 41.6 Å². The fraction of sp³-hybridized carbons (Fsp3) is 0.278. The summed E-state index contributed by atoms with van der Waals surface area (Å²) in [5, 5.41) is 2.88. The first-order valence-electron chi connectivity index (χ1n) is 8.04. The second-order valence-electron chi connectivity index (χ2n) is 5.65. The fourth-order valence-electron chi connectivity index (χ4n) is 2.68. The zero-order valence-electron chi connectivity index (χ0n) is 14.3. The van der Waals surface area contributed by atoms with Crippen LogP contribution in [-0.2, 0) is 0 Å². The molecule has 3 aromatic rings. The summed E-state index contributed by atoms with van der Waals surface area (Å²) in [5.41, 5.74) is 1.65. The van der Waals surface area contributed by atoms with Gasteiger partial charge in [-0.15, -0.1) is 0 Å². The molecule has 0 radical (unpaired) electrons. The smallest absolute Gasteiger partial charge is 0.270 e. The van der Waals surface area contributed by atoms with Gasteiger partial charge < -0.3 is 10.1 Å². The Kier molecular flexibility index (Phi) is 4.65. The van der Waals surface area contributed by atoms with Crippen molar-refractivity contribution < 1.29 is 13.9 Å². The van der Waals surface area contributed by atoms with E-state index in [1.54, 1.807) is 55.8 Å². The van der Waals surface area contributed by atoms with Crippen molar-refractivity contribution in [2.45, 2.75) is 26.8 Å². The van der Waals surface area contributed by atoms with E-state index in [4.69, 9.17) is 4.74 Å². The number of hydrogen-bond acceptors (Lipinski definition) is 4. The maximum absolute atomic E-state index is 14.0. The standard InChI is InChI=1S/C18H19FN4O2/c1-4-25-15-7-6-13(10-14(15)19)11(2)21-17(24)16-12(3)22-18-20-8-5-9-23(16)18/h5-11H,4H2,1-3H3,(H,21,24). The van der Waals surface area contributed by atoms with Gasteiger partial charge in [0.05, 0.1) is 18.3 Å². The van der Waals surface area contributed by atoms with E-state index in [0.29, 0.717) is 29.3 Å². The fourth-order valence-corrected chi connectivity index (χ4v) is 2.68. The number of hydrogen-bond donors (Lipinski definition) is 1. The van der Waals surface area contributed by atoms with E-state index in [1.165, 1.54) is 6.07 Å². The molecule has 1 unspecified atom stereocenters. The summed E-state index contributed by atoms with van der Waals surface area (Å²) in [4.78, 5) is 21.1. The molecule has 1 atom stereocenters. The van der Waals surface area contributed by atoms with E-state index in [1.807, 2.05) is 0 Å². The predicted octanol–water partition coefficient (Wildman–Crippen LogP) is 3.07. The van der Waals surface area contributed by atoms with Crippen LogP contribution in [0.4, 0.5) is 4.39 Å². The number of nitrogens with one attached hydrogen (secondary N) is 1. The number of fused-ring (bicyclic) bond motifs is 1. The normalized spacial score (nSPS) is 12.2. The first-order chi connectivity index (χ1) is 12.0. The number of ether oxygens (including phenoxy) is 1. The number of amides is 1. The van der Waals surface area contributed by atoms with Gasteiger partial charge >= 0.3 is 0 Å². The van der Waals surface area contributed by atoms with Crippen molar-refractivity contribution in [1.29, 1.82) is 0 Å². The summed E-state index contributed by atoms with van der Waals surface area (Å²) in [7, 11) is 0. The van der Waals surface area contributed by atoms with Crippen molar-refractivity contribution in [1.82, 2.24) is 19.7 Å². The zero-order valence-corrected chi connectivity index (χ0v) is 14.3. The highest BCUT2D eigenvalue weighted by atomic mass is 19.1. The molecule has 130 valence electrons. The van der Waals surface area contributed by atoms with Crippen molar-refractivity contribution in [2.24, 2.45) is 0 Å². The number of halogens is 1. The molecule has 0 fully saturated rings. The van der Waals surface area contributed by atoms with Gasteiger partial charge in [-0.3, -0.25) is 9.20 Å². The average molecular weight is 342 g/mol. The number of carbonyl (C=O) groups is 1. The summed E-state index contributed by atoms with van der Waals surface area (Å²) in [6.07, 6.45) is 3.35. The molecule has 1 N–H and O–H groups in total. The highest BCUT2D eigenvalue weighted by molar-refractivity contribution is 5.94. The van der Waals surface area contributed by atoms with Crippen LogP contribution < -0.4 is 10.1 Å². The van der Waals surface area contributed by atoms with Gasteiger partial charge in [0.1, 0.15) is 5.69 Å². The van der Waals surface area contributed by atoms with Crippen molar-refractivity contribution in [3.05, 3.63) is 59.4 Å². The number of nitrogens with zero attached hydrogens (tertiary/aromatic N) is 3. The van der Waals surface area contributed by atoms with E-state index in [9.17, 15) is 9.18 Å². The molecule has 1 amide bonds. The molecule has 0 aliphatic heterocycles. The minimum Gasteiger partial charge on any atom is -0.491 e. The SMILES string of the molecule is CCOc1ccc(C(C)NC(=O)c2c(C)nc3ncccn23)cc1F. The summed E-state index contributed by atoms with van der Waals surface area (Å²) < 4.78 is 20.9. The van der Waals surface area contributed by atoms with Crippen molar-refractivity contribution >= 4 is 11.7 Å². The molecule has 0 aliphatic carbocycles. The molecule has 0 bridgehead atoms. The van der Waals surface area contributed by atoms with Gasteiger partial charge in [-0.25, -0.2) is 14.4 Å². The molecular formula is C18H19FN4O2. The van der Waals surface area contributed by atoms with Crippen LogP contribution in [0.15, 0.2) is 36.7 Å². The van der Waals surface area contributed by atoms with Gasteiger partial charge in [-0.1, -0.05) is 6.07 Å². The Labute approximate surface area is 144 Å². The van der Waals surface area contributed by atoms with Crippen LogP contribution in [0.5, 0.6) is 5.75 Å². The Morgan fingerprint density at radius 3 is 2.96 bits per heavy atom. The number of aryl methyl sites for hydroxylation is 1. The number of imidazole rings is 1. The predicted molar refractivity (Wildman–Crippen MR) is 91.2 cm³/mol. The molecule has 0 saturated carbocycles. The number of carbonyl (C=O) groups excluding carboxylic acids is 1. The van der Waals surface area contributed by atoms with Gasteiger partial charge in [0.15, 0.2) is 11.6 Å². The van der Waals surface area contributed by atoms with Gasteiger partial charge in [0.25, 0.3) is 5.91 Å². The molecule has 3 rings (SSSR count). The van der Waals surface area contributed by atoms with Crippen LogP contribution in [0.2, 0.25) is 0 Å². The van der Waals surface area contributed by atoms with E-state index >= 15 is 0 Å². The summed E-state index contributed by atoms with van der Waals surface area (Å²) in [5.74, 6) is -0.0752. The minimum atomic E-state index is -0.448. The molecule has 1 aromatic carbocycles. The zero-order chi connectivity index (χ0) is 18.0. The summed E-state index contributed by atoms with van der Waals surface area (Å²) in [6.45, 7) is 5.74. The van der Waals surface area contributed by atoms with Crippen molar-refractivity contribution in [3.8, 4) is 5.75 Å². The molecule has 0 saturated heterocycles. The van der Waals surface area contributed by atoms with Crippen LogP contribution in [0, 0.1) is 12.7 Å². The van der Waals surface area contributed by atoms with Gasteiger partial charge in [-0.2, -0.15) is 0 Å². The quantitative estimate of drug-likeness (QED) is 0.774. The van der Waals surface area contributed by atoms with Crippen LogP contribution >= 0.6 is 0 Å². The molecule has 25 heavy (non-hydrogen) atoms. The molecule has 2 aromatic heterocycles. The lowest BCUT2D eigenvalue weighted by Gasteiger charge is -2.15. The Balaban J connectivity index is 1.82. The number of benzene rings is 1. The Hall–Kier alpha value is -2.96.